The fourth-order valence-corrected chi connectivity index (χ4v) is 3.11. The van der Waals surface area contributed by atoms with E-state index in [9.17, 15) is 9.59 Å². The highest BCUT2D eigenvalue weighted by Crippen LogP contribution is 2.26. The van der Waals surface area contributed by atoms with Crippen molar-refractivity contribution in [2.75, 3.05) is 0 Å². The van der Waals surface area contributed by atoms with Crippen molar-refractivity contribution in [1.82, 2.24) is 15.1 Å². The summed E-state index contributed by atoms with van der Waals surface area (Å²) in [6, 6.07) is 10.2. The van der Waals surface area contributed by atoms with Crippen LogP contribution in [-0.4, -0.2) is 33.0 Å². The van der Waals surface area contributed by atoms with E-state index in [4.69, 9.17) is 13.6 Å². The normalized spacial score (nSPS) is 16.0. The second-order valence-electron chi connectivity index (χ2n) is 6.22. The Morgan fingerprint density at radius 3 is 2.70 bits per heavy atom. The molecule has 0 saturated carbocycles. The molecule has 1 aliphatic heterocycles. The van der Waals surface area contributed by atoms with Gasteiger partial charge in [-0.15, -0.1) is 10.2 Å². The Kier molecular flexibility index (Phi) is 4.45. The topological polar surface area (TPSA) is 98.7 Å². The highest BCUT2D eigenvalue weighted by atomic mass is 16.5. The van der Waals surface area contributed by atoms with Gasteiger partial charge in [0, 0.05) is 19.9 Å². The fourth-order valence-electron chi connectivity index (χ4n) is 3.11. The summed E-state index contributed by atoms with van der Waals surface area (Å²) in [5, 5.41) is 7.50. The molecule has 0 aliphatic carbocycles. The zero-order valence-corrected chi connectivity index (χ0v) is 14.6. The molecule has 0 spiro atoms. The molecular weight excluding hydrogens is 350 g/mol. The Labute approximate surface area is 154 Å². The molecule has 0 unspecified atom stereocenters. The maximum Gasteiger partial charge on any atom is 0.329 e. The lowest BCUT2D eigenvalue weighted by molar-refractivity contribution is -0.151. The number of carbonyl (C=O) groups is 2. The van der Waals surface area contributed by atoms with Crippen molar-refractivity contribution in [3.8, 4) is 0 Å². The SMILES string of the molecule is Cc1nnc(COC(=O)[C@@H]2Cc3ccccc3CN2C(=O)c2ccco2)o1. The summed E-state index contributed by atoms with van der Waals surface area (Å²) < 4.78 is 15.8. The van der Waals surface area contributed by atoms with E-state index in [1.807, 2.05) is 24.3 Å². The van der Waals surface area contributed by atoms with Crippen LogP contribution in [0.25, 0.3) is 0 Å². The summed E-state index contributed by atoms with van der Waals surface area (Å²) in [6.07, 6.45) is 1.79. The molecule has 1 amide bonds. The number of amides is 1. The molecule has 2 aromatic heterocycles. The van der Waals surface area contributed by atoms with E-state index in [2.05, 4.69) is 10.2 Å². The number of nitrogens with zero attached hydrogens (tertiary/aromatic N) is 3. The Morgan fingerprint density at radius 2 is 2.00 bits per heavy atom. The van der Waals surface area contributed by atoms with Crippen LogP contribution in [0.3, 0.4) is 0 Å². The quantitative estimate of drug-likeness (QED) is 0.652. The monoisotopic (exact) mass is 367 g/mol. The summed E-state index contributed by atoms with van der Waals surface area (Å²) in [5.74, 6) is -0.103. The van der Waals surface area contributed by atoms with Crippen LogP contribution < -0.4 is 0 Å². The highest BCUT2D eigenvalue weighted by Gasteiger charge is 2.37. The molecule has 3 heterocycles. The Balaban J connectivity index is 1.56. The van der Waals surface area contributed by atoms with Crippen molar-refractivity contribution in [1.29, 1.82) is 0 Å². The number of furan rings is 1. The smallest absolute Gasteiger partial charge is 0.329 e. The molecule has 8 heteroatoms. The second-order valence-corrected chi connectivity index (χ2v) is 6.22. The number of esters is 1. The van der Waals surface area contributed by atoms with Crippen LogP contribution in [0.15, 0.2) is 51.5 Å². The number of ether oxygens (including phenoxy) is 1. The maximum atomic E-state index is 12.8. The van der Waals surface area contributed by atoms with Gasteiger partial charge >= 0.3 is 5.97 Å². The lowest BCUT2D eigenvalue weighted by Gasteiger charge is -2.34. The second kappa shape index (κ2) is 7.06. The van der Waals surface area contributed by atoms with E-state index < -0.39 is 12.0 Å². The third kappa shape index (κ3) is 3.46. The number of aryl methyl sites for hydroxylation is 1. The van der Waals surface area contributed by atoms with Crippen LogP contribution in [0.5, 0.6) is 0 Å². The van der Waals surface area contributed by atoms with E-state index in [0.717, 1.165) is 11.1 Å². The maximum absolute atomic E-state index is 12.8. The van der Waals surface area contributed by atoms with Crippen LogP contribution >= 0.6 is 0 Å². The number of fused-ring (bicyclic) bond motifs is 1. The molecule has 1 aliphatic rings. The van der Waals surface area contributed by atoms with Crippen molar-refractivity contribution in [3.63, 3.8) is 0 Å². The Hall–Kier alpha value is -3.42. The van der Waals surface area contributed by atoms with E-state index in [1.54, 1.807) is 19.1 Å². The van der Waals surface area contributed by atoms with Gasteiger partial charge in [-0.3, -0.25) is 4.79 Å². The zero-order valence-electron chi connectivity index (χ0n) is 14.6. The van der Waals surface area contributed by atoms with E-state index in [-0.39, 0.29) is 24.2 Å². The average molecular weight is 367 g/mol. The van der Waals surface area contributed by atoms with Gasteiger partial charge in [-0.2, -0.15) is 0 Å². The number of carbonyl (C=O) groups excluding carboxylic acids is 2. The van der Waals surface area contributed by atoms with E-state index in [1.165, 1.54) is 11.2 Å². The van der Waals surface area contributed by atoms with Crippen LogP contribution in [-0.2, 0) is 29.1 Å². The van der Waals surface area contributed by atoms with Crippen LogP contribution in [0, 0.1) is 6.92 Å². The number of hydrogen-bond acceptors (Lipinski definition) is 7. The van der Waals surface area contributed by atoms with Crippen LogP contribution in [0.1, 0.15) is 33.5 Å². The minimum atomic E-state index is -0.762. The van der Waals surface area contributed by atoms with Crippen molar-refractivity contribution in [2.45, 2.75) is 32.5 Å². The summed E-state index contributed by atoms with van der Waals surface area (Å²) in [5.41, 5.74) is 2.01. The standard InChI is InChI=1S/C19H17N3O5/c1-12-20-21-17(27-12)11-26-19(24)15-9-13-5-2-3-6-14(13)10-22(15)18(23)16-7-4-8-25-16/h2-8,15H,9-11H2,1H3/t15-/m0/s1. The zero-order chi connectivity index (χ0) is 18.8. The first kappa shape index (κ1) is 17.0. The summed E-state index contributed by atoms with van der Waals surface area (Å²) in [6.45, 7) is 1.82. The molecule has 3 aromatic rings. The van der Waals surface area contributed by atoms with Gasteiger partial charge in [0.2, 0.25) is 5.89 Å². The molecule has 4 rings (SSSR count). The molecular formula is C19H17N3O5. The molecule has 138 valence electrons. The first-order chi connectivity index (χ1) is 13.1. The van der Waals surface area contributed by atoms with Crippen LogP contribution in [0.2, 0.25) is 0 Å². The summed E-state index contributed by atoms with van der Waals surface area (Å²) >= 11 is 0. The first-order valence-corrected chi connectivity index (χ1v) is 8.48. The van der Waals surface area contributed by atoms with Crippen molar-refractivity contribution in [3.05, 3.63) is 71.3 Å². The minimum Gasteiger partial charge on any atom is -0.459 e. The predicted octanol–water partition coefficient (Wildman–Crippen LogP) is 2.28. The van der Waals surface area contributed by atoms with Gasteiger partial charge in [-0.1, -0.05) is 24.3 Å². The number of rotatable bonds is 4. The van der Waals surface area contributed by atoms with E-state index in [0.29, 0.717) is 18.9 Å². The highest BCUT2D eigenvalue weighted by molar-refractivity contribution is 5.95. The molecule has 8 nitrogen and oxygen atoms in total. The molecule has 0 radical (unpaired) electrons. The summed E-state index contributed by atoms with van der Waals surface area (Å²) in [4.78, 5) is 27.1. The lowest BCUT2D eigenvalue weighted by Crippen LogP contribution is -2.49. The molecule has 0 bridgehead atoms. The first-order valence-electron chi connectivity index (χ1n) is 8.48. The minimum absolute atomic E-state index is 0.138. The third-order valence-corrected chi connectivity index (χ3v) is 4.42. The van der Waals surface area contributed by atoms with Gasteiger partial charge in [0.1, 0.15) is 6.04 Å². The van der Waals surface area contributed by atoms with Gasteiger partial charge in [-0.05, 0) is 23.3 Å². The molecule has 1 aromatic carbocycles. The van der Waals surface area contributed by atoms with Crippen LogP contribution in [0.4, 0.5) is 0 Å². The lowest BCUT2D eigenvalue weighted by atomic mass is 9.93. The molecule has 0 saturated heterocycles. The molecule has 27 heavy (non-hydrogen) atoms. The number of hydrogen-bond donors (Lipinski definition) is 0. The van der Waals surface area contributed by atoms with Gasteiger partial charge < -0.3 is 18.5 Å². The molecule has 0 fully saturated rings. The van der Waals surface area contributed by atoms with Gasteiger partial charge in [0.25, 0.3) is 11.8 Å². The van der Waals surface area contributed by atoms with Crippen molar-refractivity contribution < 1.29 is 23.2 Å². The number of aromatic nitrogens is 2. The van der Waals surface area contributed by atoms with Gasteiger partial charge in [0.15, 0.2) is 12.4 Å². The number of benzene rings is 1. The van der Waals surface area contributed by atoms with Gasteiger partial charge in [-0.25, -0.2) is 4.79 Å². The summed E-state index contributed by atoms with van der Waals surface area (Å²) in [7, 11) is 0. The third-order valence-electron chi connectivity index (χ3n) is 4.42. The van der Waals surface area contributed by atoms with Gasteiger partial charge in [0.05, 0.1) is 6.26 Å². The molecule has 1 atom stereocenters. The Morgan fingerprint density at radius 1 is 1.19 bits per heavy atom. The predicted molar refractivity (Wildman–Crippen MR) is 91.3 cm³/mol. The molecule has 0 N–H and O–H groups in total. The van der Waals surface area contributed by atoms with E-state index >= 15 is 0 Å². The largest absolute Gasteiger partial charge is 0.459 e. The van der Waals surface area contributed by atoms with Crippen molar-refractivity contribution >= 4 is 11.9 Å². The Bertz CT molecular complexity index is 963. The van der Waals surface area contributed by atoms with Crippen molar-refractivity contribution in [2.24, 2.45) is 0 Å². The average Bonchev–Trinajstić information content (AvgIpc) is 3.36. The fraction of sp³-hybridized carbons (Fsp3) is 0.263.